The zero-order valence-corrected chi connectivity index (χ0v) is 15.1. The molecule has 6 nitrogen and oxygen atoms in total. The van der Waals surface area contributed by atoms with Crippen molar-refractivity contribution < 1.29 is 4.79 Å². The molecule has 0 bridgehead atoms. The molecule has 0 spiro atoms. The van der Waals surface area contributed by atoms with Gasteiger partial charge in [-0.25, -0.2) is 9.97 Å². The van der Waals surface area contributed by atoms with Gasteiger partial charge in [-0.15, -0.1) is 0 Å². The van der Waals surface area contributed by atoms with Crippen molar-refractivity contribution >= 4 is 33.3 Å². The van der Waals surface area contributed by atoms with Gasteiger partial charge in [0.25, 0.3) is 5.91 Å². The molecule has 0 unspecified atom stereocenters. The van der Waals surface area contributed by atoms with Crippen molar-refractivity contribution in [3.05, 3.63) is 76.4 Å². The Morgan fingerprint density at radius 1 is 1.12 bits per heavy atom. The van der Waals surface area contributed by atoms with Crippen molar-refractivity contribution in [1.29, 1.82) is 0 Å². The van der Waals surface area contributed by atoms with Gasteiger partial charge < -0.3 is 10.6 Å². The third-order valence-electron chi connectivity index (χ3n) is 3.49. The number of amides is 1. The van der Waals surface area contributed by atoms with Gasteiger partial charge in [0.15, 0.2) is 0 Å². The topological polar surface area (TPSA) is 79.8 Å². The second-order valence-corrected chi connectivity index (χ2v) is 6.24. The first-order valence-electron chi connectivity index (χ1n) is 7.65. The zero-order chi connectivity index (χ0) is 17.6. The number of nitrogens with one attached hydrogen (secondary N) is 2. The molecule has 0 atom stereocenters. The number of carbonyl (C=O) groups excluding carboxylic acids is 1. The smallest absolute Gasteiger partial charge is 0.274 e. The Kier molecular flexibility index (Phi) is 5.35. The fourth-order valence-electron chi connectivity index (χ4n) is 2.18. The number of halogens is 1. The van der Waals surface area contributed by atoms with Crippen LogP contribution in [0.3, 0.4) is 0 Å². The Morgan fingerprint density at radius 3 is 2.76 bits per heavy atom. The summed E-state index contributed by atoms with van der Waals surface area (Å²) in [5.41, 5.74) is 2.93. The van der Waals surface area contributed by atoms with E-state index in [1.54, 1.807) is 12.3 Å². The molecule has 3 aromatic rings. The number of hydrogen-bond donors (Lipinski definition) is 2. The number of aromatic nitrogens is 3. The number of nitrogens with zero attached hydrogens (tertiary/aromatic N) is 3. The highest BCUT2D eigenvalue weighted by Crippen LogP contribution is 2.20. The largest absolute Gasteiger partial charge is 0.364 e. The van der Waals surface area contributed by atoms with Crippen LogP contribution in [0.2, 0.25) is 0 Å². The summed E-state index contributed by atoms with van der Waals surface area (Å²) < 4.78 is 0.994. The maximum Gasteiger partial charge on any atom is 0.274 e. The third kappa shape index (κ3) is 4.60. The Balaban J connectivity index is 1.67. The van der Waals surface area contributed by atoms with Crippen molar-refractivity contribution in [2.75, 3.05) is 10.6 Å². The van der Waals surface area contributed by atoms with Gasteiger partial charge in [-0.05, 0) is 42.8 Å². The van der Waals surface area contributed by atoms with E-state index in [1.165, 1.54) is 6.33 Å². The highest BCUT2D eigenvalue weighted by Gasteiger charge is 2.10. The minimum absolute atomic E-state index is 0.287. The minimum Gasteiger partial charge on any atom is -0.364 e. The summed E-state index contributed by atoms with van der Waals surface area (Å²) >= 11 is 3.44. The molecule has 7 heteroatoms. The molecule has 0 aliphatic rings. The standard InChI is InChI=1S/C18H16BrN5O/c1-12-8-13(5-6-15(12)19)24-18(25)16-9-17(23-11-22-16)21-10-14-4-2-3-7-20-14/h2-9,11H,10H2,1H3,(H,24,25)(H,21,22,23). The van der Waals surface area contributed by atoms with E-state index in [4.69, 9.17) is 0 Å². The molecule has 1 amide bonds. The van der Waals surface area contributed by atoms with Crippen molar-refractivity contribution in [2.24, 2.45) is 0 Å². The summed E-state index contributed by atoms with van der Waals surface area (Å²) in [6.45, 7) is 2.48. The average molecular weight is 398 g/mol. The van der Waals surface area contributed by atoms with Gasteiger partial charge in [0.1, 0.15) is 17.8 Å². The van der Waals surface area contributed by atoms with Gasteiger partial charge >= 0.3 is 0 Å². The van der Waals surface area contributed by atoms with E-state index in [9.17, 15) is 4.79 Å². The number of benzene rings is 1. The van der Waals surface area contributed by atoms with Gasteiger partial charge in [0.2, 0.25) is 0 Å². The number of aryl methyl sites for hydroxylation is 1. The zero-order valence-electron chi connectivity index (χ0n) is 13.5. The normalized spacial score (nSPS) is 10.3. The Labute approximate surface area is 153 Å². The van der Waals surface area contributed by atoms with E-state index in [0.29, 0.717) is 23.7 Å². The molecule has 25 heavy (non-hydrogen) atoms. The Bertz CT molecular complexity index is 886. The van der Waals surface area contributed by atoms with Crippen LogP contribution >= 0.6 is 15.9 Å². The summed E-state index contributed by atoms with van der Waals surface area (Å²) in [6, 6.07) is 12.9. The fourth-order valence-corrected chi connectivity index (χ4v) is 2.43. The van der Waals surface area contributed by atoms with Gasteiger partial charge in [0, 0.05) is 22.4 Å². The van der Waals surface area contributed by atoms with E-state index in [2.05, 4.69) is 41.5 Å². The van der Waals surface area contributed by atoms with E-state index < -0.39 is 0 Å². The molecule has 1 aromatic carbocycles. The first kappa shape index (κ1) is 17.0. The summed E-state index contributed by atoms with van der Waals surface area (Å²) in [6.07, 6.45) is 3.10. The molecule has 2 N–H and O–H groups in total. The number of anilines is 2. The van der Waals surface area contributed by atoms with E-state index >= 15 is 0 Å². The van der Waals surface area contributed by atoms with Crippen LogP contribution in [0.4, 0.5) is 11.5 Å². The molecule has 0 fully saturated rings. The summed E-state index contributed by atoms with van der Waals surface area (Å²) in [5.74, 6) is 0.280. The average Bonchev–Trinajstić information content (AvgIpc) is 2.64. The van der Waals surface area contributed by atoms with E-state index in [-0.39, 0.29) is 5.91 Å². The van der Waals surface area contributed by atoms with Crippen LogP contribution in [0.5, 0.6) is 0 Å². The summed E-state index contributed by atoms with van der Waals surface area (Å²) in [7, 11) is 0. The maximum absolute atomic E-state index is 12.4. The van der Waals surface area contributed by atoms with E-state index in [0.717, 1.165) is 15.7 Å². The predicted molar refractivity (Wildman–Crippen MR) is 100 cm³/mol. The SMILES string of the molecule is Cc1cc(NC(=O)c2cc(NCc3ccccn3)ncn2)ccc1Br. The second-order valence-electron chi connectivity index (χ2n) is 5.38. The van der Waals surface area contributed by atoms with Crippen LogP contribution < -0.4 is 10.6 Å². The van der Waals surface area contributed by atoms with Gasteiger partial charge in [0.05, 0.1) is 12.2 Å². The van der Waals surface area contributed by atoms with Gasteiger partial charge in [-0.2, -0.15) is 0 Å². The monoisotopic (exact) mass is 397 g/mol. The van der Waals surface area contributed by atoms with Crippen molar-refractivity contribution in [1.82, 2.24) is 15.0 Å². The molecule has 3 rings (SSSR count). The first-order chi connectivity index (χ1) is 12.1. The maximum atomic E-state index is 12.4. The van der Waals surface area contributed by atoms with Crippen LogP contribution in [-0.2, 0) is 6.54 Å². The van der Waals surface area contributed by atoms with Gasteiger partial charge in [-0.1, -0.05) is 22.0 Å². The van der Waals surface area contributed by atoms with Crippen LogP contribution in [0.1, 0.15) is 21.7 Å². The number of hydrogen-bond acceptors (Lipinski definition) is 5. The molecule has 0 aliphatic carbocycles. The molecule has 0 saturated carbocycles. The van der Waals surface area contributed by atoms with Crippen LogP contribution in [0, 0.1) is 6.92 Å². The lowest BCUT2D eigenvalue weighted by molar-refractivity contribution is 0.102. The lowest BCUT2D eigenvalue weighted by atomic mass is 10.2. The number of carbonyl (C=O) groups is 1. The lowest BCUT2D eigenvalue weighted by Gasteiger charge is -2.08. The lowest BCUT2D eigenvalue weighted by Crippen LogP contribution is -2.15. The summed E-state index contributed by atoms with van der Waals surface area (Å²) in [5, 5.41) is 5.97. The van der Waals surface area contributed by atoms with Crippen molar-refractivity contribution in [3.8, 4) is 0 Å². The molecule has 2 heterocycles. The molecule has 0 aliphatic heterocycles. The molecule has 0 saturated heterocycles. The molecular formula is C18H16BrN5O. The fraction of sp³-hybridized carbons (Fsp3) is 0.111. The number of pyridine rings is 1. The van der Waals surface area contributed by atoms with Crippen molar-refractivity contribution in [2.45, 2.75) is 13.5 Å². The van der Waals surface area contributed by atoms with Crippen LogP contribution in [0.25, 0.3) is 0 Å². The second kappa shape index (κ2) is 7.85. The molecule has 126 valence electrons. The Morgan fingerprint density at radius 2 is 2.00 bits per heavy atom. The van der Waals surface area contributed by atoms with Crippen LogP contribution in [0.15, 0.2) is 59.5 Å². The summed E-state index contributed by atoms with van der Waals surface area (Å²) in [4.78, 5) is 24.8. The molecular weight excluding hydrogens is 382 g/mol. The molecule has 0 radical (unpaired) electrons. The van der Waals surface area contributed by atoms with Gasteiger partial charge in [-0.3, -0.25) is 9.78 Å². The minimum atomic E-state index is -0.287. The van der Waals surface area contributed by atoms with Crippen molar-refractivity contribution in [3.63, 3.8) is 0 Å². The highest BCUT2D eigenvalue weighted by molar-refractivity contribution is 9.10. The first-order valence-corrected chi connectivity index (χ1v) is 8.44. The molecule has 2 aromatic heterocycles. The predicted octanol–water partition coefficient (Wildman–Crippen LogP) is 3.81. The quantitative estimate of drug-likeness (QED) is 0.684. The van der Waals surface area contributed by atoms with E-state index in [1.807, 2.05) is 43.3 Å². The highest BCUT2D eigenvalue weighted by atomic mass is 79.9. The number of rotatable bonds is 5. The third-order valence-corrected chi connectivity index (χ3v) is 4.38. The van der Waals surface area contributed by atoms with Crippen LogP contribution in [-0.4, -0.2) is 20.9 Å². The Hall–Kier alpha value is -2.80.